The number of thiazole rings is 1. The Labute approximate surface area is 66.8 Å². The number of carbonyl (C=O) groups excluding carboxylic acids is 1. The van der Waals surface area contributed by atoms with Crippen LogP contribution in [0.1, 0.15) is 15.4 Å². The molecule has 0 unspecified atom stereocenters. The van der Waals surface area contributed by atoms with Gasteiger partial charge in [0.15, 0.2) is 4.47 Å². The summed E-state index contributed by atoms with van der Waals surface area (Å²) in [6.45, 7) is 1.75. The Bertz CT molecular complexity index is 271. The third-order valence-electron chi connectivity index (χ3n) is 1.00. The van der Waals surface area contributed by atoms with Crippen LogP contribution in [0.3, 0.4) is 0 Å². The maximum Gasteiger partial charge on any atom is 0.268 e. The van der Waals surface area contributed by atoms with E-state index in [1.807, 2.05) is 0 Å². The van der Waals surface area contributed by atoms with Gasteiger partial charge in [0, 0.05) is 4.88 Å². The van der Waals surface area contributed by atoms with E-state index in [1.165, 1.54) is 11.3 Å². The summed E-state index contributed by atoms with van der Waals surface area (Å²) in [5.74, 6) is -0.527. The Hall–Kier alpha value is -0.610. The molecule has 1 aromatic heterocycles. The van der Waals surface area contributed by atoms with Crippen molar-refractivity contribution >= 4 is 28.8 Å². The molecule has 2 N–H and O–H groups in total. The van der Waals surface area contributed by atoms with Crippen molar-refractivity contribution in [3.05, 3.63) is 15.0 Å². The average Bonchev–Trinajstić information content (AvgIpc) is 2.10. The summed E-state index contributed by atoms with van der Waals surface area (Å²) in [5.41, 5.74) is 5.25. The zero-order chi connectivity index (χ0) is 7.72. The average molecular weight is 177 g/mol. The Morgan fingerprint density at radius 3 is 2.60 bits per heavy atom. The van der Waals surface area contributed by atoms with Crippen molar-refractivity contribution in [3.8, 4) is 0 Å². The van der Waals surface area contributed by atoms with Gasteiger partial charge in [0.05, 0.1) is 0 Å². The number of rotatable bonds is 1. The fourth-order valence-corrected chi connectivity index (χ4v) is 1.66. The van der Waals surface area contributed by atoms with Gasteiger partial charge in [-0.05, 0) is 6.92 Å². The van der Waals surface area contributed by atoms with Crippen LogP contribution in [0.25, 0.3) is 0 Å². The number of aryl methyl sites for hydroxylation is 1. The van der Waals surface area contributed by atoms with Crippen molar-refractivity contribution in [1.29, 1.82) is 0 Å². The molecule has 3 nitrogen and oxygen atoms in total. The molecule has 0 spiro atoms. The van der Waals surface area contributed by atoms with Gasteiger partial charge in [0.2, 0.25) is 0 Å². The highest BCUT2D eigenvalue weighted by atomic mass is 35.5. The molecule has 0 bridgehead atoms. The number of nitrogens with zero attached hydrogens (tertiary/aromatic N) is 1. The molecule has 1 amide bonds. The van der Waals surface area contributed by atoms with E-state index in [9.17, 15) is 4.79 Å². The van der Waals surface area contributed by atoms with E-state index in [-0.39, 0.29) is 5.69 Å². The minimum absolute atomic E-state index is 0.273. The van der Waals surface area contributed by atoms with E-state index >= 15 is 0 Å². The summed E-state index contributed by atoms with van der Waals surface area (Å²) in [7, 11) is 0. The van der Waals surface area contributed by atoms with Gasteiger partial charge in [0.1, 0.15) is 5.69 Å². The third kappa shape index (κ3) is 1.27. The maximum atomic E-state index is 10.5. The molecule has 0 aromatic carbocycles. The van der Waals surface area contributed by atoms with E-state index in [4.69, 9.17) is 17.3 Å². The predicted octanol–water partition coefficient (Wildman–Crippen LogP) is 1.20. The van der Waals surface area contributed by atoms with Crippen LogP contribution < -0.4 is 5.73 Å². The maximum absolute atomic E-state index is 10.5. The van der Waals surface area contributed by atoms with Crippen molar-refractivity contribution in [2.75, 3.05) is 0 Å². The van der Waals surface area contributed by atoms with Crippen LogP contribution in [0.5, 0.6) is 0 Å². The number of hydrogen-bond acceptors (Lipinski definition) is 3. The van der Waals surface area contributed by atoms with Crippen LogP contribution in [-0.4, -0.2) is 10.9 Å². The molecule has 5 heteroatoms. The van der Waals surface area contributed by atoms with Gasteiger partial charge in [-0.15, -0.1) is 11.3 Å². The fourth-order valence-electron chi connectivity index (χ4n) is 0.593. The van der Waals surface area contributed by atoms with Gasteiger partial charge in [-0.3, -0.25) is 4.79 Å². The Balaban J connectivity index is 3.15. The highest BCUT2D eigenvalue weighted by molar-refractivity contribution is 7.15. The molecule has 0 aliphatic heterocycles. The monoisotopic (exact) mass is 176 g/mol. The minimum atomic E-state index is -0.527. The van der Waals surface area contributed by atoms with Gasteiger partial charge in [0.25, 0.3) is 5.91 Å². The minimum Gasteiger partial charge on any atom is -0.364 e. The smallest absolute Gasteiger partial charge is 0.268 e. The van der Waals surface area contributed by atoms with E-state index in [0.717, 1.165) is 4.88 Å². The van der Waals surface area contributed by atoms with Crippen molar-refractivity contribution in [2.45, 2.75) is 6.92 Å². The molecular formula is C5H5ClN2OS. The van der Waals surface area contributed by atoms with Crippen molar-refractivity contribution in [3.63, 3.8) is 0 Å². The van der Waals surface area contributed by atoms with Crippen molar-refractivity contribution < 1.29 is 4.79 Å². The Kier molecular flexibility index (Phi) is 1.92. The standard InChI is InChI=1S/C5H5ClN2OS/c1-2-3(4(7)9)8-5(6)10-2/h1H3,(H2,7,9). The highest BCUT2D eigenvalue weighted by Gasteiger charge is 2.09. The van der Waals surface area contributed by atoms with Crippen molar-refractivity contribution in [1.82, 2.24) is 4.98 Å². The van der Waals surface area contributed by atoms with E-state index in [1.54, 1.807) is 6.92 Å². The molecule has 0 aliphatic carbocycles. The summed E-state index contributed by atoms with van der Waals surface area (Å²) in [6.07, 6.45) is 0. The van der Waals surface area contributed by atoms with E-state index in [2.05, 4.69) is 4.98 Å². The molecule has 0 aliphatic rings. The van der Waals surface area contributed by atoms with E-state index in [0.29, 0.717) is 4.47 Å². The largest absolute Gasteiger partial charge is 0.364 e. The molecule has 0 saturated carbocycles. The molecule has 54 valence electrons. The zero-order valence-corrected chi connectivity index (χ0v) is 6.79. The molecule has 10 heavy (non-hydrogen) atoms. The number of carbonyl (C=O) groups is 1. The third-order valence-corrected chi connectivity index (χ3v) is 2.08. The van der Waals surface area contributed by atoms with E-state index < -0.39 is 5.91 Å². The fraction of sp³-hybridized carbons (Fsp3) is 0.200. The second-order valence-corrected chi connectivity index (χ2v) is 3.52. The number of hydrogen-bond donors (Lipinski definition) is 1. The molecule has 1 aromatic rings. The first kappa shape index (κ1) is 7.50. The normalized spacial score (nSPS) is 9.80. The molecule has 0 atom stereocenters. The lowest BCUT2D eigenvalue weighted by Crippen LogP contribution is -2.12. The van der Waals surface area contributed by atoms with Gasteiger partial charge in [-0.2, -0.15) is 0 Å². The molecule has 0 radical (unpaired) electrons. The van der Waals surface area contributed by atoms with Crippen LogP contribution in [0.15, 0.2) is 0 Å². The van der Waals surface area contributed by atoms with Gasteiger partial charge in [-0.1, -0.05) is 11.6 Å². The summed E-state index contributed by atoms with van der Waals surface area (Å²) < 4.78 is 0.353. The number of nitrogens with two attached hydrogens (primary N) is 1. The van der Waals surface area contributed by atoms with Crippen LogP contribution in [0.2, 0.25) is 4.47 Å². The molecule has 0 saturated heterocycles. The lowest BCUT2D eigenvalue weighted by atomic mass is 10.4. The van der Waals surface area contributed by atoms with Crippen LogP contribution in [-0.2, 0) is 0 Å². The summed E-state index contributed by atoms with van der Waals surface area (Å²) >= 11 is 6.76. The number of halogens is 1. The summed E-state index contributed by atoms with van der Waals surface area (Å²) in [5, 5.41) is 0. The van der Waals surface area contributed by atoms with Crippen LogP contribution in [0.4, 0.5) is 0 Å². The second-order valence-electron chi connectivity index (χ2n) is 1.74. The first-order valence-electron chi connectivity index (χ1n) is 2.54. The lowest BCUT2D eigenvalue weighted by Gasteiger charge is -1.85. The first-order valence-corrected chi connectivity index (χ1v) is 3.73. The second kappa shape index (κ2) is 2.56. The number of aromatic nitrogens is 1. The van der Waals surface area contributed by atoms with Crippen molar-refractivity contribution in [2.24, 2.45) is 5.73 Å². The molecule has 1 heterocycles. The highest BCUT2D eigenvalue weighted by Crippen LogP contribution is 2.20. The lowest BCUT2D eigenvalue weighted by molar-refractivity contribution is 0.0995. The predicted molar refractivity (Wildman–Crippen MR) is 40.4 cm³/mol. The Morgan fingerprint density at radius 2 is 2.40 bits per heavy atom. The van der Waals surface area contributed by atoms with Gasteiger partial charge < -0.3 is 5.73 Å². The quantitative estimate of drug-likeness (QED) is 0.699. The Morgan fingerprint density at radius 1 is 1.80 bits per heavy atom. The topological polar surface area (TPSA) is 56.0 Å². The van der Waals surface area contributed by atoms with Gasteiger partial charge >= 0.3 is 0 Å². The molecular weight excluding hydrogens is 172 g/mol. The summed E-state index contributed by atoms with van der Waals surface area (Å²) in [6, 6.07) is 0. The number of primary amides is 1. The van der Waals surface area contributed by atoms with Crippen LogP contribution in [0, 0.1) is 6.92 Å². The molecule has 1 rings (SSSR count). The summed E-state index contributed by atoms with van der Waals surface area (Å²) in [4.78, 5) is 15.0. The number of amides is 1. The zero-order valence-electron chi connectivity index (χ0n) is 5.22. The van der Waals surface area contributed by atoms with Crippen LogP contribution >= 0.6 is 22.9 Å². The van der Waals surface area contributed by atoms with Gasteiger partial charge in [-0.25, -0.2) is 4.98 Å². The first-order chi connectivity index (χ1) is 4.61. The SMILES string of the molecule is Cc1sc(Cl)nc1C(N)=O. The molecule has 0 fully saturated rings.